The van der Waals surface area contributed by atoms with E-state index in [9.17, 15) is 4.79 Å². The van der Waals surface area contributed by atoms with E-state index >= 15 is 0 Å². The number of nitrogens with zero attached hydrogens (tertiary/aromatic N) is 4. The number of anilines is 1. The molecule has 8 nitrogen and oxygen atoms in total. The first kappa shape index (κ1) is 22.8. The number of benzene rings is 2. The molecule has 184 valence electrons. The average Bonchev–Trinajstić information content (AvgIpc) is 3.57. The largest absolute Gasteiger partial charge is 0.490 e. The number of rotatable bonds is 5. The Bertz CT molecular complexity index is 1430. The number of aryl methyl sites for hydroxylation is 1. The molecule has 36 heavy (non-hydrogen) atoms. The third kappa shape index (κ3) is 4.39. The van der Waals surface area contributed by atoms with Crippen molar-refractivity contribution in [3.8, 4) is 22.7 Å². The van der Waals surface area contributed by atoms with Crippen molar-refractivity contribution in [2.24, 2.45) is 13.0 Å². The Morgan fingerprint density at radius 3 is 2.69 bits per heavy atom. The Morgan fingerprint density at radius 2 is 1.97 bits per heavy atom. The summed E-state index contributed by atoms with van der Waals surface area (Å²) >= 11 is 3.56. The molecule has 2 atom stereocenters. The summed E-state index contributed by atoms with van der Waals surface area (Å²) in [7, 11) is 1.87. The molecule has 1 saturated carbocycles. The van der Waals surface area contributed by atoms with Crippen molar-refractivity contribution in [2.45, 2.75) is 38.3 Å². The highest BCUT2D eigenvalue weighted by atomic mass is 79.9. The van der Waals surface area contributed by atoms with E-state index in [0.717, 1.165) is 44.7 Å². The number of urea groups is 1. The van der Waals surface area contributed by atoms with E-state index in [2.05, 4.69) is 31.7 Å². The van der Waals surface area contributed by atoms with Gasteiger partial charge in [-0.3, -0.25) is 10.00 Å². The van der Waals surface area contributed by atoms with Crippen molar-refractivity contribution in [1.82, 2.24) is 24.9 Å². The van der Waals surface area contributed by atoms with E-state index in [4.69, 9.17) is 9.84 Å². The van der Waals surface area contributed by atoms with Crippen LogP contribution in [0.25, 0.3) is 16.9 Å². The van der Waals surface area contributed by atoms with Crippen LogP contribution in [0.3, 0.4) is 0 Å². The van der Waals surface area contributed by atoms with E-state index < -0.39 is 0 Å². The lowest BCUT2D eigenvalue weighted by Gasteiger charge is -2.33. The summed E-state index contributed by atoms with van der Waals surface area (Å²) < 4.78 is 10.8. The fourth-order valence-electron chi connectivity index (χ4n) is 4.88. The molecule has 1 fully saturated rings. The first-order chi connectivity index (χ1) is 17.5. The summed E-state index contributed by atoms with van der Waals surface area (Å²) in [4.78, 5) is 13.4. The lowest BCUT2D eigenvalue weighted by atomic mass is 9.94. The SMILES string of the molecule is Cc1c(-c2cnn(C)c2)nn(-c2ccccc2)c1NC(=O)NC1CC(C2CC2)Oc2ccc(Br)cc21. The third-order valence-corrected chi connectivity index (χ3v) is 7.37. The standard InChI is InChI=1S/C27H27BrN6O2/c1-16-25(18-14-29-33(2)15-18)32-34(20-6-4-3-5-7-20)26(16)31-27(35)30-22-13-24(17-8-9-17)36-23-11-10-19(28)12-21(22)23/h3-7,10-12,14-15,17,22,24H,8-9,13H2,1-2H3,(H2,30,31,35). The molecule has 0 saturated heterocycles. The second kappa shape index (κ2) is 9.13. The van der Waals surface area contributed by atoms with Gasteiger partial charge in [0.2, 0.25) is 0 Å². The van der Waals surface area contributed by atoms with Gasteiger partial charge in [0, 0.05) is 40.8 Å². The maximum Gasteiger partial charge on any atom is 0.320 e. The summed E-state index contributed by atoms with van der Waals surface area (Å²) in [5.41, 5.74) is 4.38. The predicted molar refractivity (Wildman–Crippen MR) is 141 cm³/mol. The number of carbonyl (C=O) groups is 1. The van der Waals surface area contributed by atoms with Gasteiger partial charge in [0.15, 0.2) is 0 Å². The van der Waals surface area contributed by atoms with Gasteiger partial charge in [-0.1, -0.05) is 34.1 Å². The molecule has 2 amide bonds. The molecule has 2 N–H and O–H groups in total. The molecule has 4 aromatic rings. The Labute approximate surface area is 217 Å². The molecular weight excluding hydrogens is 520 g/mol. The molecule has 1 aliphatic heterocycles. The topological polar surface area (TPSA) is 86.0 Å². The van der Waals surface area contributed by atoms with Crippen LogP contribution < -0.4 is 15.4 Å². The van der Waals surface area contributed by atoms with Crippen LogP contribution >= 0.6 is 15.9 Å². The molecule has 2 aliphatic rings. The number of aromatic nitrogens is 4. The van der Waals surface area contributed by atoms with Gasteiger partial charge in [-0.25, -0.2) is 9.48 Å². The van der Waals surface area contributed by atoms with E-state index in [0.29, 0.717) is 11.7 Å². The minimum absolute atomic E-state index is 0.123. The van der Waals surface area contributed by atoms with Gasteiger partial charge in [-0.15, -0.1) is 0 Å². The fourth-order valence-corrected chi connectivity index (χ4v) is 5.26. The summed E-state index contributed by atoms with van der Waals surface area (Å²) in [6.07, 6.45) is 6.94. The first-order valence-electron chi connectivity index (χ1n) is 12.1. The maximum atomic E-state index is 13.4. The van der Waals surface area contributed by atoms with Crippen LogP contribution in [0, 0.1) is 12.8 Å². The molecule has 6 rings (SSSR count). The second-order valence-corrected chi connectivity index (χ2v) is 10.5. The second-order valence-electron chi connectivity index (χ2n) is 9.53. The number of amides is 2. The maximum absolute atomic E-state index is 13.4. The number of hydrogen-bond donors (Lipinski definition) is 2. The highest BCUT2D eigenvalue weighted by Crippen LogP contribution is 2.44. The van der Waals surface area contributed by atoms with E-state index in [1.165, 1.54) is 12.8 Å². The summed E-state index contributed by atoms with van der Waals surface area (Å²) in [6, 6.07) is 15.4. The minimum Gasteiger partial charge on any atom is -0.490 e. The highest BCUT2D eigenvalue weighted by molar-refractivity contribution is 9.10. The van der Waals surface area contributed by atoms with Crippen LogP contribution in [-0.2, 0) is 7.05 Å². The van der Waals surface area contributed by atoms with Gasteiger partial charge in [0.1, 0.15) is 23.4 Å². The molecule has 9 heteroatoms. The Hall–Kier alpha value is -3.59. The zero-order valence-corrected chi connectivity index (χ0v) is 21.7. The number of fused-ring (bicyclic) bond motifs is 1. The summed E-state index contributed by atoms with van der Waals surface area (Å²) in [6.45, 7) is 1.97. The normalized spacial score (nSPS) is 18.9. The smallest absolute Gasteiger partial charge is 0.320 e. The number of ether oxygens (including phenoxy) is 1. The monoisotopic (exact) mass is 546 g/mol. The Morgan fingerprint density at radius 1 is 1.17 bits per heavy atom. The Kier molecular flexibility index (Phi) is 5.79. The van der Waals surface area contributed by atoms with Crippen molar-refractivity contribution in [1.29, 1.82) is 0 Å². The van der Waals surface area contributed by atoms with Crippen molar-refractivity contribution in [2.75, 3.05) is 5.32 Å². The van der Waals surface area contributed by atoms with Crippen LogP contribution in [0.4, 0.5) is 10.6 Å². The zero-order chi connectivity index (χ0) is 24.8. The number of carbonyl (C=O) groups excluding carboxylic acids is 1. The fraction of sp³-hybridized carbons (Fsp3) is 0.296. The lowest BCUT2D eigenvalue weighted by molar-refractivity contribution is 0.131. The molecule has 0 radical (unpaired) electrons. The van der Waals surface area contributed by atoms with E-state index in [1.54, 1.807) is 15.6 Å². The highest BCUT2D eigenvalue weighted by Gasteiger charge is 2.39. The van der Waals surface area contributed by atoms with Crippen LogP contribution in [0.15, 0.2) is 65.4 Å². The zero-order valence-electron chi connectivity index (χ0n) is 20.1. The molecule has 0 spiro atoms. The van der Waals surface area contributed by atoms with Crippen LogP contribution in [0.5, 0.6) is 5.75 Å². The third-order valence-electron chi connectivity index (χ3n) is 6.88. The molecule has 3 heterocycles. The molecule has 2 aromatic heterocycles. The van der Waals surface area contributed by atoms with Gasteiger partial charge >= 0.3 is 6.03 Å². The van der Waals surface area contributed by atoms with Crippen LogP contribution in [0.2, 0.25) is 0 Å². The van der Waals surface area contributed by atoms with Crippen molar-refractivity contribution in [3.63, 3.8) is 0 Å². The van der Waals surface area contributed by atoms with Crippen molar-refractivity contribution in [3.05, 3.63) is 76.5 Å². The van der Waals surface area contributed by atoms with Crippen LogP contribution in [-0.4, -0.2) is 31.7 Å². The van der Waals surface area contributed by atoms with Gasteiger partial charge in [-0.05, 0) is 56.0 Å². The lowest BCUT2D eigenvalue weighted by Crippen LogP contribution is -2.39. The molecule has 2 unspecified atom stereocenters. The van der Waals surface area contributed by atoms with Crippen molar-refractivity contribution >= 4 is 27.8 Å². The summed E-state index contributed by atoms with van der Waals surface area (Å²) in [5.74, 6) is 2.03. The van der Waals surface area contributed by atoms with Gasteiger partial charge in [0.25, 0.3) is 0 Å². The van der Waals surface area contributed by atoms with Crippen molar-refractivity contribution < 1.29 is 9.53 Å². The van der Waals surface area contributed by atoms with Gasteiger partial charge in [-0.2, -0.15) is 10.2 Å². The minimum atomic E-state index is -0.278. The van der Waals surface area contributed by atoms with Crippen LogP contribution in [0.1, 0.15) is 36.4 Å². The first-order valence-corrected chi connectivity index (χ1v) is 12.9. The molecule has 2 aromatic carbocycles. The number of nitrogens with one attached hydrogen (secondary N) is 2. The molecular formula is C27H27BrN6O2. The van der Waals surface area contributed by atoms with E-state index in [-0.39, 0.29) is 18.2 Å². The number of para-hydroxylation sites is 1. The summed E-state index contributed by atoms with van der Waals surface area (Å²) in [5, 5.41) is 15.5. The van der Waals surface area contributed by atoms with E-state index in [1.807, 2.05) is 68.7 Å². The predicted octanol–water partition coefficient (Wildman–Crippen LogP) is 5.77. The van der Waals surface area contributed by atoms with Gasteiger partial charge < -0.3 is 10.1 Å². The van der Waals surface area contributed by atoms with Gasteiger partial charge in [0.05, 0.1) is 17.9 Å². The molecule has 0 bridgehead atoms. The Balaban J connectivity index is 1.31. The molecule has 1 aliphatic carbocycles. The number of hydrogen-bond acceptors (Lipinski definition) is 4. The quantitative estimate of drug-likeness (QED) is 0.332. The number of halogens is 1. The average molecular weight is 547 g/mol.